The van der Waals surface area contributed by atoms with Crippen LogP contribution in [0.4, 0.5) is 4.79 Å². The number of nitrogens with zero attached hydrogens (tertiary/aromatic N) is 2. The molecule has 1 heterocycles. The van der Waals surface area contributed by atoms with Crippen LogP contribution in [0, 0.1) is 5.41 Å². The molecule has 0 saturated carbocycles. The number of carbonyl (C=O) groups is 2. The summed E-state index contributed by atoms with van der Waals surface area (Å²) >= 11 is 0. The SMILES string of the molecule is CCCC1(C(=O)O)CCN(C(=O)N(C)CCCOC)C1. The van der Waals surface area contributed by atoms with Gasteiger partial charge in [0.15, 0.2) is 0 Å². The zero-order chi connectivity index (χ0) is 15.2. The second kappa shape index (κ2) is 7.47. The molecule has 116 valence electrons. The van der Waals surface area contributed by atoms with E-state index >= 15 is 0 Å². The number of hydrogen-bond donors (Lipinski definition) is 1. The van der Waals surface area contributed by atoms with Crippen molar-refractivity contribution in [2.45, 2.75) is 32.6 Å². The average molecular weight is 286 g/mol. The largest absolute Gasteiger partial charge is 0.481 e. The van der Waals surface area contributed by atoms with E-state index in [1.54, 1.807) is 24.0 Å². The molecule has 1 saturated heterocycles. The highest BCUT2D eigenvalue weighted by atomic mass is 16.5. The number of carboxylic acid groups (broad SMARTS) is 1. The Morgan fingerprint density at radius 1 is 1.45 bits per heavy atom. The third-order valence-electron chi connectivity index (χ3n) is 3.98. The first-order valence-corrected chi connectivity index (χ1v) is 7.19. The van der Waals surface area contributed by atoms with Gasteiger partial charge in [-0.3, -0.25) is 4.79 Å². The maximum absolute atomic E-state index is 12.3. The van der Waals surface area contributed by atoms with Crippen LogP contribution in [0.25, 0.3) is 0 Å². The third kappa shape index (κ3) is 3.85. The van der Waals surface area contributed by atoms with Crippen molar-refractivity contribution in [1.82, 2.24) is 9.80 Å². The number of urea groups is 1. The van der Waals surface area contributed by atoms with E-state index in [2.05, 4.69) is 0 Å². The number of carboxylic acids is 1. The first-order valence-electron chi connectivity index (χ1n) is 7.19. The second-order valence-corrected chi connectivity index (χ2v) is 5.56. The Balaban J connectivity index is 2.57. The molecule has 20 heavy (non-hydrogen) atoms. The lowest BCUT2D eigenvalue weighted by atomic mass is 9.83. The van der Waals surface area contributed by atoms with Crippen molar-refractivity contribution in [3.63, 3.8) is 0 Å². The van der Waals surface area contributed by atoms with Gasteiger partial charge in [-0.05, 0) is 19.3 Å². The molecule has 0 aromatic carbocycles. The fourth-order valence-electron chi connectivity index (χ4n) is 2.78. The smallest absolute Gasteiger partial charge is 0.319 e. The quantitative estimate of drug-likeness (QED) is 0.722. The Kier molecular flexibility index (Phi) is 6.26. The van der Waals surface area contributed by atoms with Gasteiger partial charge >= 0.3 is 12.0 Å². The standard InChI is InChI=1S/C14H26N2O4/c1-4-6-14(12(17)18)7-9-16(11-14)13(19)15(2)8-5-10-20-3/h4-11H2,1-3H3,(H,17,18). The molecule has 0 bridgehead atoms. The molecule has 1 rings (SSSR count). The molecule has 0 aromatic rings. The lowest BCUT2D eigenvalue weighted by Crippen LogP contribution is -2.43. The van der Waals surface area contributed by atoms with Crippen LogP contribution in [-0.4, -0.2) is 67.3 Å². The maximum Gasteiger partial charge on any atom is 0.319 e. The fourth-order valence-corrected chi connectivity index (χ4v) is 2.78. The van der Waals surface area contributed by atoms with E-state index in [4.69, 9.17) is 4.74 Å². The normalized spacial score (nSPS) is 22.1. The summed E-state index contributed by atoms with van der Waals surface area (Å²) in [6, 6.07) is -0.0830. The first-order chi connectivity index (χ1) is 9.46. The molecule has 6 heteroatoms. The van der Waals surface area contributed by atoms with Gasteiger partial charge in [-0.1, -0.05) is 13.3 Å². The topological polar surface area (TPSA) is 70.1 Å². The van der Waals surface area contributed by atoms with Gasteiger partial charge in [0.1, 0.15) is 0 Å². The van der Waals surface area contributed by atoms with E-state index in [-0.39, 0.29) is 6.03 Å². The predicted octanol–water partition coefficient (Wildman–Crippen LogP) is 1.65. The Bertz CT molecular complexity index is 348. The van der Waals surface area contributed by atoms with Crippen molar-refractivity contribution >= 4 is 12.0 Å². The number of ether oxygens (including phenoxy) is 1. The summed E-state index contributed by atoms with van der Waals surface area (Å²) in [6.07, 6.45) is 2.77. The molecule has 1 aliphatic heterocycles. The Labute approximate surface area is 120 Å². The van der Waals surface area contributed by atoms with Crippen molar-refractivity contribution in [2.75, 3.05) is 40.4 Å². The molecule has 1 N–H and O–H groups in total. The van der Waals surface area contributed by atoms with Crippen molar-refractivity contribution in [2.24, 2.45) is 5.41 Å². The molecular weight excluding hydrogens is 260 g/mol. The molecule has 0 aliphatic carbocycles. The zero-order valence-electron chi connectivity index (χ0n) is 12.7. The summed E-state index contributed by atoms with van der Waals surface area (Å²) in [6.45, 7) is 4.07. The van der Waals surface area contributed by atoms with E-state index in [0.29, 0.717) is 39.1 Å². The molecular formula is C14H26N2O4. The van der Waals surface area contributed by atoms with Crippen LogP contribution in [0.5, 0.6) is 0 Å². The molecule has 0 spiro atoms. The maximum atomic E-state index is 12.3. The molecule has 1 aliphatic rings. The lowest BCUT2D eigenvalue weighted by Gasteiger charge is -2.27. The van der Waals surface area contributed by atoms with Gasteiger partial charge in [-0.25, -0.2) is 4.79 Å². The van der Waals surface area contributed by atoms with Gasteiger partial charge < -0.3 is 19.6 Å². The number of carbonyl (C=O) groups excluding carboxylic acids is 1. The van der Waals surface area contributed by atoms with Crippen LogP contribution in [0.2, 0.25) is 0 Å². The van der Waals surface area contributed by atoms with E-state index in [0.717, 1.165) is 12.8 Å². The highest BCUT2D eigenvalue weighted by Gasteiger charge is 2.45. The number of amides is 2. The summed E-state index contributed by atoms with van der Waals surface area (Å²) in [5, 5.41) is 9.44. The minimum Gasteiger partial charge on any atom is -0.481 e. The Hall–Kier alpha value is -1.30. The van der Waals surface area contributed by atoms with Gasteiger partial charge in [0.05, 0.1) is 5.41 Å². The van der Waals surface area contributed by atoms with Crippen LogP contribution in [0.15, 0.2) is 0 Å². The van der Waals surface area contributed by atoms with Crippen molar-refractivity contribution in [3.8, 4) is 0 Å². The van der Waals surface area contributed by atoms with Crippen LogP contribution in [0.1, 0.15) is 32.6 Å². The predicted molar refractivity (Wildman–Crippen MR) is 75.7 cm³/mol. The second-order valence-electron chi connectivity index (χ2n) is 5.56. The van der Waals surface area contributed by atoms with Crippen LogP contribution in [-0.2, 0) is 9.53 Å². The minimum absolute atomic E-state index is 0.0830. The summed E-state index contributed by atoms with van der Waals surface area (Å²) < 4.78 is 4.96. The van der Waals surface area contributed by atoms with Crippen molar-refractivity contribution in [3.05, 3.63) is 0 Å². The number of likely N-dealkylation sites (tertiary alicyclic amines) is 1. The van der Waals surface area contributed by atoms with E-state index in [9.17, 15) is 14.7 Å². The number of rotatable bonds is 7. The molecule has 1 atom stereocenters. The van der Waals surface area contributed by atoms with Gasteiger partial charge in [-0.2, -0.15) is 0 Å². The molecule has 6 nitrogen and oxygen atoms in total. The van der Waals surface area contributed by atoms with Crippen LogP contribution < -0.4 is 0 Å². The fraction of sp³-hybridized carbons (Fsp3) is 0.857. The minimum atomic E-state index is -0.781. The Morgan fingerprint density at radius 2 is 2.15 bits per heavy atom. The number of aliphatic carboxylic acids is 1. The first kappa shape index (κ1) is 16.8. The highest BCUT2D eigenvalue weighted by molar-refractivity contribution is 5.79. The molecule has 2 amide bonds. The number of hydrogen-bond acceptors (Lipinski definition) is 3. The van der Waals surface area contributed by atoms with Gasteiger partial charge in [0, 0.05) is 40.4 Å². The van der Waals surface area contributed by atoms with Crippen molar-refractivity contribution < 1.29 is 19.4 Å². The van der Waals surface area contributed by atoms with Crippen molar-refractivity contribution in [1.29, 1.82) is 0 Å². The summed E-state index contributed by atoms with van der Waals surface area (Å²) in [7, 11) is 3.38. The van der Waals surface area contributed by atoms with Gasteiger partial charge in [0.2, 0.25) is 0 Å². The molecule has 1 fully saturated rings. The summed E-state index contributed by atoms with van der Waals surface area (Å²) in [5.41, 5.74) is -0.752. The van der Waals surface area contributed by atoms with E-state index in [1.807, 2.05) is 6.92 Å². The molecule has 0 radical (unpaired) electrons. The highest BCUT2D eigenvalue weighted by Crippen LogP contribution is 2.35. The van der Waals surface area contributed by atoms with E-state index < -0.39 is 11.4 Å². The molecule has 0 aromatic heterocycles. The summed E-state index contributed by atoms with van der Waals surface area (Å²) in [4.78, 5) is 27.1. The lowest BCUT2D eigenvalue weighted by molar-refractivity contribution is -0.148. The van der Waals surface area contributed by atoms with Gasteiger partial charge in [-0.15, -0.1) is 0 Å². The third-order valence-corrected chi connectivity index (χ3v) is 3.98. The summed E-state index contributed by atoms with van der Waals surface area (Å²) in [5.74, 6) is -0.781. The zero-order valence-corrected chi connectivity index (χ0v) is 12.7. The van der Waals surface area contributed by atoms with Gasteiger partial charge in [0.25, 0.3) is 0 Å². The van der Waals surface area contributed by atoms with Crippen LogP contribution in [0.3, 0.4) is 0 Å². The monoisotopic (exact) mass is 286 g/mol. The number of methoxy groups -OCH3 is 1. The molecule has 1 unspecified atom stereocenters. The Morgan fingerprint density at radius 3 is 2.70 bits per heavy atom. The average Bonchev–Trinajstić information content (AvgIpc) is 2.84. The van der Waals surface area contributed by atoms with Crippen LogP contribution >= 0.6 is 0 Å². The van der Waals surface area contributed by atoms with E-state index in [1.165, 1.54) is 0 Å².